The van der Waals surface area contributed by atoms with Gasteiger partial charge in [-0.2, -0.15) is 0 Å². The second kappa shape index (κ2) is 14.2. The zero-order valence-corrected chi connectivity index (χ0v) is 34.5. The van der Waals surface area contributed by atoms with E-state index in [0.29, 0.717) is 0 Å². The number of fused-ring (bicyclic) bond motifs is 12. The van der Waals surface area contributed by atoms with Gasteiger partial charge in [-0.15, -0.1) is 0 Å². The summed E-state index contributed by atoms with van der Waals surface area (Å²) in [5, 5.41) is 12.6. The number of hydrogen-bond donors (Lipinski definition) is 0. The van der Waals surface area contributed by atoms with Crippen LogP contribution in [0.3, 0.4) is 0 Å². The van der Waals surface area contributed by atoms with E-state index in [1.165, 1.54) is 109 Å². The third kappa shape index (κ3) is 5.57. The molecular weight excluding hydrogens is 759 g/mol. The molecule has 63 heavy (non-hydrogen) atoms. The lowest BCUT2D eigenvalue weighted by Crippen LogP contribution is -2.10. The molecule has 0 spiro atoms. The summed E-state index contributed by atoms with van der Waals surface area (Å²) in [5.41, 5.74) is 16.2. The average Bonchev–Trinajstić information content (AvgIpc) is 3.36. The Bertz CT molecular complexity index is 3720. The van der Waals surface area contributed by atoms with Gasteiger partial charge in [0.05, 0.1) is 0 Å². The first-order chi connectivity index (χ1) is 31.3. The van der Waals surface area contributed by atoms with Crippen molar-refractivity contribution >= 4 is 70.9 Å². The number of nitrogens with zero attached hydrogens (tertiary/aromatic N) is 1. The Hall–Kier alpha value is -8.26. The predicted molar refractivity (Wildman–Crippen MR) is 269 cm³/mol. The quantitative estimate of drug-likeness (QED) is 0.152. The Balaban J connectivity index is 1.03. The molecule has 0 heterocycles. The van der Waals surface area contributed by atoms with Crippen LogP contribution in [-0.2, 0) is 0 Å². The number of hydrogen-bond acceptors (Lipinski definition) is 1. The summed E-state index contributed by atoms with van der Waals surface area (Å²) in [6.45, 7) is 0. The van der Waals surface area contributed by atoms with Crippen LogP contribution < -0.4 is 4.90 Å². The summed E-state index contributed by atoms with van der Waals surface area (Å²) in [7, 11) is 0. The standard InChI is InChI=1S/C62H39N/c1-4-16-40(17-5-1)41-28-31-46(32-29-41)63(48-34-35-53-51-24-11-10-22-49(51)50-23-12-13-25-52(50)56(53)39-48)47-33-30-44-37-57-58(38-45(44)36-47)62-60(43-20-8-3-9-21-43)55-27-15-14-26-54(55)59(61(57)62)42-18-6-2-7-19-42/h1-39H. The molecule has 0 amide bonds. The highest BCUT2D eigenvalue weighted by Gasteiger charge is 2.32. The summed E-state index contributed by atoms with van der Waals surface area (Å²) in [5.74, 6) is 0. The van der Waals surface area contributed by atoms with Crippen LogP contribution in [0.15, 0.2) is 237 Å². The molecule has 1 nitrogen and oxygen atoms in total. The van der Waals surface area contributed by atoms with E-state index in [4.69, 9.17) is 0 Å². The van der Waals surface area contributed by atoms with Gasteiger partial charge < -0.3 is 4.90 Å². The highest BCUT2D eigenvalue weighted by Crippen LogP contribution is 2.60. The summed E-state index contributed by atoms with van der Waals surface area (Å²) in [6, 6.07) is 87.1. The molecule has 0 bridgehead atoms. The molecular formula is C62H39N. The largest absolute Gasteiger partial charge is 0.310 e. The zero-order valence-electron chi connectivity index (χ0n) is 34.5. The van der Waals surface area contributed by atoms with Crippen molar-refractivity contribution < 1.29 is 0 Å². The van der Waals surface area contributed by atoms with Gasteiger partial charge >= 0.3 is 0 Å². The van der Waals surface area contributed by atoms with E-state index in [-0.39, 0.29) is 0 Å². The van der Waals surface area contributed by atoms with E-state index in [9.17, 15) is 0 Å². The van der Waals surface area contributed by atoms with Gasteiger partial charge in [-0.3, -0.25) is 0 Å². The summed E-state index contributed by atoms with van der Waals surface area (Å²) in [4.78, 5) is 2.43. The van der Waals surface area contributed by atoms with Crippen LogP contribution >= 0.6 is 0 Å². The number of anilines is 3. The second-order valence-electron chi connectivity index (χ2n) is 16.8. The molecule has 0 saturated heterocycles. The molecule has 0 radical (unpaired) electrons. The Labute approximate surface area is 366 Å². The third-order valence-electron chi connectivity index (χ3n) is 13.3. The molecule has 1 aliphatic carbocycles. The first-order valence-electron chi connectivity index (χ1n) is 21.8. The minimum atomic E-state index is 1.11. The van der Waals surface area contributed by atoms with Crippen LogP contribution in [0.5, 0.6) is 0 Å². The molecule has 0 aliphatic heterocycles. The van der Waals surface area contributed by atoms with Crippen molar-refractivity contribution in [1.29, 1.82) is 0 Å². The molecule has 13 rings (SSSR count). The lowest BCUT2D eigenvalue weighted by atomic mass is 9.70. The topological polar surface area (TPSA) is 3.24 Å². The fourth-order valence-corrected chi connectivity index (χ4v) is 10.5. The smallest absolute Gasteiger partial charge is 0.0468 e. The SMILES string of the molecule is c1ccc(-c2ccc(N(c3ccc4cc5c(cc4c3)-c3c-5c(-c4ccccc4)c4ccccc4c3-c3ccccc3)c3ccc4c5ccccc5c5ccccc5c4c3)cc2)cc1. The molecule has 12 aromatic carbocycles. The van der Waals surface area contributed by atoms with E-state index in [2.05, 4.69) is 241 Å². The summed E-state index contributed by atoms with van der Waals surface area (Å²) < 4.78 is 0. The maximum absolute atomic E-state index is 2.45. The van der Waals surface area contributed by atoms with Gasteiger partial charge in [0.1, 0.15) is 0 Å². The highest BCUT2D eigenvalue weighted by atomic mass is 15.1. The van der Waals surface area contributed by atoms with E-state index in [0.717, 1.165) is 17.1 Å². The van der Waals surface area contributed by atoms with Crippen molar-refractivity contribution in [3.05, 3.63) is 237 Å². The van der Waals surface area contributed by atoms with Crippen LogP contribution in [0.25, 0.3) is 109 Å². The van der Waals surface area contributed by atoms with Gasteiger partial charge in [-0.1, -0.05) is 188 Å². The molecule has 0 aromatic heterocycles. The van der Waals surface area contributed by atoms with Gasteiger partial charge in [-0.05, 0) is 158 Å². The van der Waals surface area contributed by atoms with Gasteiger partial charge in [0.15, 0.2) is 0 Å². The van der Waals surface area contributed by atoms with Crippen molar-refractivity contribution in [3.8, 4) is 55.6 Å². The van der Waals surface area contributed by atoms with Crippen LogP contribution in [-0.4, -0.2) is 0 Å². The summed E-state index contributed by atoms with van der Waals surface area (Å²) >= 11 is 0. The molecule has 0 unspecified atom stereocenters. The van der Waals surface area contributed by atoms with Gasteiger partial charge in [-0.25, -0.2) is 0 Å². The maximum Gasteiger partial charge on any atom is 0.0468 e. The molecule has 0 fully saturated rings. The number of rotatable bonds is 6. The third-order valence-corrected chi connectivity index (χ3v) is 13.3. The predicted octanol–water partition coefficient (Wildman–Crippen LogP) is 17.6. The molecule has 0 atom stereocenters. The van der Waals surface area contributed by atoms with Crippen molar-refractivity contribution in [1.82, 2.24) is 0 Å². The van der Waals surface area contributed by atoms with Crippen molar-refractivity contribution in [2.24, 2.45) is 0 Å². The Morgan fingerprint density at radius 1 is 0.206 bits per heavy atom. The van der Waals surface area contributed by atoms with Crippen molar-refractivity contribution in [2.45, 2.75) is 0 Å². The van der Waals surface area contributed by atoms with Crippen molar-refractivity contribution in [3.63, 3.8) is 0 Å². The maximum atomic E-state index is 2.45. The molecule has 0 saturated carbocycles. The summed E-state index contributed by atoms with van der Waals surface area (Å²) in [6.07, 6.45) is 0. The minimum Gasteiger partial charge on any atom is -0.310 e. The van der Waals surface area contributed by atoms with Crippen LogP contribution in [0.2, 0.25) is 0 Å². The Kier molecular flexibility index (Phi) is 7.98. The lowest BCUT2D eigenvalue weighted by molar-refractivity contribution is 1.29. The lowest BCUT2D eigenvalue weighted by Gasteiger charge is -2.33. The fraction of sp³-hybridized carbons (Fsp3) is 0. The highest BCUT2D eigenvalue weighted by molar-refractivity contribution is 6.27. The molecule has 12 aromatic rings. The fourth-order valence-electron chi connectivity index (χ4n) is 10.5. The molecule has 0 N–H and O–H groups in total. The van der Waals surface area contributed by atoms with E-state index < -0.39 is 0 Å². The molecule has 1 aliphatic rings. The first kappa shape index (κ1) is 35.5. The normalized spacial score (nSPS) is 11.8. The van der Waals surface area contributed by atoms with Crippen LogP contribution in [0.4, 0.5) is 17.1 Å². The van der Waals surface area contributed by atoms with Gasteiger partial charge in [0.25, 0.3) is 0 Å². The molecule has 292 valence electrons. The Morgan fingerprint density at radius 2 is 0.587 bits per heavy atom. The average molecular weight is 798 g/mol. The Morgan fingerprint density at radius 3 is 1.13 bits per heavy atom. The van der Waals surface area contributed by atoms with Gasteiger partial charge in [0, 0.05) is 17.1 Å². The minimum absolute atomic E-state index is 1.11. The van der Waals surface area contributed by atoms with Gasteiger partial charge in [0.2, 0.25) is 0 Å². The van der Waals surface area contributed by atoms with E-state index >= 15 is 0 Å². The van der Waals surface area contributed by atoms with Crippen molar-refractivity contribution in [2.75, 3.05) is 4.90 Å². The van der Waals surface area contributed by atoms with Crippen LogP contribution in [0.1, 0.15) is 0 Å². The second-order valence-corrected chi connectivity index (χ2v) is 16.8. The zero-order chi connectivity index (χ0) is 41.4. The number of benzene rings is 12. The first-order valence-corrected chi connectivity index (χ1v) is 21.8. The molecule has 1 heteroatoms. The van der Waals surface area contributed by atoms with E-state index in [1.54, 1.807) is 0 Å². The van der Waals surface area contributed by atoms with E-state index in [1.807, 2.05) is 0 Å². The van der Waals surface area contributed by atoms with Crippen LogP contribution in [0, 0.1) is 0 Å². The monoisotopic (exact) mass is 797 g/mol.